The lowest BCUT2D eigenvalue weighted by atomic mass is 10.2. The smallest absolute Gasteiger partial charge is 0.355 e. The van der Waals surface area contributed by atoms with Crippen molar-refractivity contribution in [1.29, 1.82) is 0 Å². The Hall–Kier alpha value is -2.17. The molecule has 1 saturated heterocycles. The van der Waals surface area contributed by atoms with Gasteiger partial charge in [0.05, 0.1) is 24.5 Å². The Morgan fingerprint density at radius 3 is 2.72 bits per heavy atom. The fraction of sp³-hybridized carbons (Fsp3) is 0.467. The van der Waals surface area contributed by atoms with Gasteiger partial charge in [0.15, 0.2) is 0 Å². The zero-order valence-electron chi connectivity index (χ0n) is 13.9. The van der Waals surface area contributed by atoms with Crippen LogP contribution in [0.25, 0.3) is 0 Å². The first-order valence-electron chi connectivity index (χ1n) is 7.75. The number of sulfonamides is 1. The van der Waals surface area contributed by atoms with E-state index < -0.39 is 16.0 Å². The van der Waals surface area contributed by atoms with E-state index in [1.165, 1.54) is 16.6 Å². The molecule has 0 amide bonds. The van der Waals surface area contributed by atoms with E-state index in [4.69, 9.17) is 14.0 Å². The Morgan fingerprint density at radius 2 is 2.08 bits per heavy atom. The molecule has 0 aromatic carbocycles. The first kappa shape index (κ1) is 17.6. The monoisotopic (exact) mass is 369 g/mol. The van der Waals surface area contributed by atoms with E-state index in [0.29, 0.717) is 43.3 Å². The summed E-state index contributed by atoms with van der Waals surface area (Å²) in [5, 5.41) is 3.79. The predicted octanol–water partition coefficient (Wildman–Crippen LogP) is 0.997. The molecule has 0 radical (unpaired) electrons. The van der Waals surface area contributed by atoms with Crippen molar-refractivity contribution in [1.82, 2.24) is 14.4 Å². The van der Waals surface area contributed by atoms with E-state index in [1.54, 1.807) is 13.8 Å². The van der Waals surface area contributed by atoms with Gasteiger partial charge in [-0.3, -0.25) is 0 Å². The zero-order valence-corrected chi connectivity index (χ0v) is 14.8. The summed E-state index contributed by atoms with van der Waals surface area (Å²) < 4.78 is 41.8. The number of hydrogen-bond donors (Lipinski definition) is 1. The average Bonchev–Trinajstić information content (AvgIpc) is 3.22. The molecule has 25 heavy (non-hydrogen) atoms. The second kappa shape index (κ2) is 6.98. The molecule has 3 rings (SSSR count). The molecule has 0 spiro atoms. The summed E-state index contributed by atoms with van der Waals surface area (Å²) in [6, 6.07) is 1.28. The highest BCUT2D eigenvalue weighted by Gasteiger charge is 2.28. The number of aromatic amines is 1. The van der Waals surface area contributed by atoms with Gasteiger partial charge in [-0.25, -0.2) is 13.2 Å². The Morgan fingerprint density at radius 1 is 1.36 bits per heavy atom. The maximum Gasteiger partial charge on any atom is 0.355 e. The van der Waals surface area contributed by atoms with Crippen LogP contribution in [0.2, 0.25) is 0 Å². The van der Waals surface area contributed by atoms with Gasteiger partial charge in [0.25, 0.3) is 0 Å². The summed E-state index contributed by atoms with van der Waals surface area (Å²) in [4.78, 5) is 14.8. The molecule has 0 atom stereocenters. The quantitative estimate of drug-likeness (QED) is 0.782. The number of carbonyl (C=O) groups is 1. The summed E-state index contributed by atoms with van der Waals surface area (Å²) in [7, 11) is -3.66. The van der Waals surface area contributed by atoms with Crippen molar-refractivity contribution in [3.05, 3.63) is 35.0 Å². The summed E-state index contributed by atoms with van der Waals surface area (Å²) in [6.45, 7) is 4.78. The Bertz CT molecular complexity index is 844. The fourth-order valence-electron chi connectivity index (χ4n) is 2.50. The molecule has 10 heteroatoms. The SMILES string of the molecule is Cc1noc(C)c1COC(=O)c1cc(S(=O)(=O)N2CCOCC2)c[nH]1. The lowest BCUT2D eigenvalue weighted by Gasteiger charge is -2.25. The number of aromatic nitrogens is 2. The topological polar surface area (TPSA) is 115 Å². The molecule has 0 saturated carbocycles. The normalized spacial score (nSPS) is 16.1. The second-order valence-corrected chi connectivity index (χ2v) is 7.58. The van der Waals surface area contributed by atoms with E-state index in [0.717, 1.165) is 0 Å². The third kappa shape index (κ3) is 3.60. The van der Waals surface area contributed by atoms with Gasteiger partial charge in [0.1, 0.15) is 23.0 Å². The number of H-pyrrole nitrogens is 1. The molecule has 0 unspecified atom stereocenters. The number of carbonyl (C=O) groups excluding carboxylic acids is 1. The van der Waals surface area contributed by atoms with Crippen LogP contribution in [-0.4, -0.2) is 55.1 Å². The minimum atomic E-state index is -3.66. The van der Waals surface area contributed by atoms with E-state index >= 15 is 0 Å². The maximum absolute atomic E-state index is 12.5. The van der Waals surface area contributed by atoms with Crippen molar-refractivity contribution < 1.29 is 27.2 Å². The van der Waals surface area contributed by atoms with Crippen LogP contribution in [0.15, 0.2) is 21.7 Å². The van der Waals surface area contributed by atoms with Gasteiger partial charge in [0, 0.05) is 19.3 Å². The van der Waals surface area contributed by atoms with E-state index in [2.05, 4.69) is 10.1 Å². The Balaban J connectivity index is 1.69. The number of aryl methyl sites for hydroxylation is 2. The zero-order chi connectivity index (χ0) is 18.0. The standard InChI is InChI=1S/C15H19N3O6S/c1-10-13(11(2)24-17-10)9-23-15(19)14-7-12(8-16-14)25(20,21)18-3-5-22-6-4-18/h7-8,16H,3-6,9H2,1-2H3. The van der Waals surface area contributed by atoms with Crippen molar-refractivity contribution >= 4 is 16.0 Å². The van der Waals surface area contributed by atoms with Crippen molar-refractivity contribution in [2.24, 2.45) is 0 Å². The molecular formula is C15H19N3O6S. The molecule has 2 aromatic heterocycles. The number of nitrogens with zero attached hydrogens (tertiary/aromatic N) is 2. The van der Waals surface area contributed by atoms with Gasteiger partial charge in [-0.2, -0.15) is 4.31 Å². The van der Waals surface area contributed by atoms with Crippen LogP contribution in [0, 0.1) is 13.8 Å². The lowest BCUT2D eigenvalue weighted by Crippen LogP contribution is -2.40. The molecule has 1 aliphatic heterocycles. The highest BCUT2D eigenvalue weighted by molar-refractivity contribution is 7.89. The second-order valence-electron chi connectivity index (χ2n) is 5.64. The number of ether oxygens (including phenoxy) is 2. The average molecular weight is 369 g/mol. The first-order chi connectivity index (χ1) is 11.9. The van der Waals surface area contributed by atoms with Crippen molar-refractivity contribution in [2.45, 2.75) is 25.3 Å². The fourth-order valence-corrected chi connectivity index (χ4v) is 3.90. The van der Waals surface area contributed by atoms with Crippen molar-refractivity contribution in [3.63, 3.8) is 0 Å². The number of nitrogens with one attached hydrogen (secondary N) is 1. The van der Waals surface area contributed by atoms with Crippen LogP contribution < -0.4 is 0 Å². The van der Waals surface area contributed by atoms with Crippen molar-refractivity contribution in [3.8, 4) is 0 Å². The number of rotatable bonds is 5. The maximum atomic E-state index is 12.5. The van der Waals surface area contributed by atoms with Gasteiger partial charge in [-0.05, 0) is 19.9 Å². The largest absolute Gasteiger partial charge is 0.456 e. The van der Waals surface area contributed by atoms with Crippen LogP contribution in [0.4, 0.5) is 0 Å². The summed E-state index contributed by atoms with van der Waals surface area (Å²) in [5.41, 5.74) is 1.41. The molecule has 9 nitrogen and oxygen atoms in total. The summed E-state index contributed by atoms with van der Waals surface area (Å²) >= 11 is 0. The van der Waals surface area contributed by atoms with Gasteiger partial charge in [0.2, 0.25) is 10.0 Å². The molecule has 2 aromatic rings. The Labute approximate surface area is 144 Å². The highest BCUT2D eigenvalue weighted by atomic mass is 32.2. The summed E-state index contributed by atoms with van der Waals surface area (Å²) in [6.07, 6.45) is 1.29. The van der Waals surface area contributed by atoms with Crippen LogP contribution >= 0.6 is 0 Å². The van der Waals surface area contributed by atoms with E-state index in [9.17, 15) is 13.2 Å². The van der Waals surface area contributed by atoms with Gasteiger partial charge in [-0.15, -0.1) is 0 Å². The highest BCUT2D eigenvalue weighted by Crippen LogP contribution is 2.19. The van der Waals surface area contributed by atoms with Crippen LogP contribution in [0.3, 0.4) is 0 Å². The lowest BCUT2D eigenvalue weighted by molar-refractivity contribution is 0.0464. The first-order valence-corrected chi connectivity index (χ1v) is 9.19. The molecule has 0 bridgehead atoms. The van der Waals surface area contributed by atoms with Gasteiger partial charge >= 0.3 is 5.97 Å². The van der Waals surface area contributed by atoms with Gasteiger partial charge in [-0.1, -0.05) is 5.16 Å². The third-order valence-corrected chi connectivity index (χ3v) is 5.89. The molecule has 1 aliphatic rings. The molecule has 1 fully saturated rings. The number of esters is 1. The van der Waals surface area contributed by atoms with Gasteiger partial charge < -0.3 is 19.0 Å². The van der Waals surface area contributed by atoms with E-state index in [-0.39, 0.29) is 17.2 Å². The number of morpholine rings is 1. The number of hydrogen-bond acceptors (Lipinski definition) is 7. The molecule has 0 aliphatic carbocycles. The predicted molar refractivity (Wildman–Crippen MR) is 85.5 cm³/mol. The van der Waals surface area contributed by atoms with E-state index in [1.807, 2.05) is 0 Å². The van der Waals surface area contributed by atoms with Crippen LogP contribution in [0.5, 0.6) is 0 Å². The third-order valence-electron chi connectivity index (χ3n) is 4.01. The van der Waals surface area contributed by atoms with Crippen LogP contribution in [-0.2, 0) is 26.1 Å². The minimum absolute atomic E-state index is 0.00453. The van der Waals surface area contributed by atoms with Crippen molar-refractivity contribution in [2.75, 3.05) is 26.3 Å². The molecule has 136 valence electrons. The van der Waals surface area contributed by atoms with Crippen LogP contribution in [0.1, 0.15) is 27.5 Å². The molecule has 1 N–H and O–H groups in total. The Kier molecular flexibility index (Phi) is 4.93. The summed E-state index contributed by atoms with van der Waals surface area (Å²) in [5.74, 6) is -0.0733. The minimum Gasteiger partial charge on any atom is -0.456 e. The molecule has 3 heterocycles. The molecular weight excluding hydrogens is 350 g/mol.